The molecule has 0 radical (unpaired) electrons. The number of rotatable bonds is 3. The SMILES string of the molecule is CC(C)(NC(=O)C1CCCCCC1N)C(N)=O. The molecule has 17 heavy (non-hydrogen) atoms. The summed E-state index contributed by atoms with van der Waals surface area (Å²) in [4.78, 5) is 23.2. The van der Waals surface area contributed by atoms with E-state index in [2.05, 4.69) is 5.32 Å². The van der Waals surface area contributed by atoms with Crippen LogP contribution in [-0.4, -0.2) is 23.4 Å². The van der Waals surface area contributed by atoms with E-state index in [1.807, 2.05) is 0 Å². The lowest BCUT2D eigenvalue weighted by Gasteiger charge is -2.27. The molecule has 5 nitrogen and oxygen atoms in total. The second kappa shape index (κ2) is 5.49. The molecule has 1 saturated carbocycles. The van der Waals surface area contributed by atoms with Crippen LogP contribution in [0, 0.1) is 5.92 Å². The first kappa shape index (κ1) is 14.0. The predicted molar refractivity (Wildman–Crippen MR) is 66.0 cm³/mol. The second-order valence-electron chi connectivity index (χ2n) is 5.39. The van der Waals surface area contributed by atoms with Crippen LogP contribution in [0.15, 0.2) is 0 Å². The number of carbonyl (C=O) groups is 2. The Morgan fingerprint density at radius 3 is 2.35 bits per heavy atom. The monoisotopic (exact) mass is 241 g/mol. The summed E-state index contributed by atoms with van der Waals surface area (Å²) in [6, 6.07) is -0.110. The van der Waals surface area contributed by atoms with Gasteiger partial charge in [0.25, 0.3) is 0 Å². The van der Waals surface area contributed by atoms with E-state index in [1.54, 1.807) is 13.8 Å². The number of carbonyl (C=O) groups excluding carboxylic acids is 2. The van der Waals surface area contributed by atoms with Crippen molar-refractivity contribution in [1.29, 1.82) is 0 Å². The number of nitrogens with one attached hydrogen (secondary N) is 1. The van der Waals surface area contributed by atoms with Crippen molar-refractivity contribution in [2.75, 3.05) is 0 Å². The number of amides is 2. The summed E-state index contributed by atoms with van der Waals surface area (Å²) in [6.07, 6.45) is 4.88. The Balaban J connectivity index is 2.65. The molecule has 1 aliphatic rings. The molecule has 0 saturated heterocycles. The average Bonchev–Trinajstić information content (AvgIpc) is 2.41. The van der Waals surface area contributed by atoms with Crippen molar-refractivity contribution < 1.29 is 9.59 Å². The number of nitrogens with two attached hydrogens (primary N) is 2. The molecular formula is C12H23N3O2. The summed E-state index contributed by atoms with van der Waals surface area (Å²) >= 11 is 0. The molecule has 98 valence electrons. The van der Waals surface area contributed by atoms with Gasteiger partial charge in [-0.25, -0.2) is 0 Å². The van der Waals surface area contributed by atoms with Gasteiger partial charge < -0.3 is 16.8 Å². The predicted octanol–water partition coefficient (Wildman–Crippen LogP) is 0.274. The van der Waals surface area contributed by atoms with Gasteiger partial charge in [0.05, 0.1) is 5.92 Å². The molecule has 5 heteroatoms. The van der Waals surface area contributed by atoms with E-state index in [9.17, 15) is 9.59 Å². The summed E-state index contributed by atoms with van der Waals surface area (Å²) in [5.41, 5.74) is 10.2. The highest BCUT2D eigenvalue weighted by Crippen LogP contribution is 2.23. The van der Waals surface area contributed by atoms with Gasteiger partial charge >= 0.3 is 0 Å². The smallest absolute Gasteiger partial charge is 0.242 e. The highest BCUT2D eigenvalue weighted by Gasteiger charge is 2.33. The highest BCUT2D eigenvalue weighted by molar-refractivity contribution is 5.90. The molecule has 1 rings (SSSR count). The lowest BCUT2D eigenvalue weighted by molar-refractivity contribution is -0.133. The van der Waals surface area contributed by atoms with Gasteiger partial charge in [-0.2, -0.15) is 0 Å². The second-order valence-corrected chi connectivity index (χ2v) is 5.39. The molecule has 0 aliphatic heterocycles. The minimum Gasteiger partial charge on any atom is -0.368 e. The van der Waals surface area contributed by atoms with Crippen LogP contribution >= 0.6 is 0 Å². The van der Waals surface area contributed by atoms with Crippen LogP contribution in [0.1, 0.15) is 46.0 Å². The van der Waals surface area contributed by atoms with E-state index < -0.39 is 11.4 Å². The van der Waals surface area contributed by atoms with E-state index in [0.29, 0.717) is 0 Å². The summed E-state index contributed by atoms with van der Waals surface area (Å²) in [5, 5.41) is 2.69. The fraction of sp³-hybridized carbons (Fsp3) is 0.833. The molecule has 0 aromatic rings. The minimum absolute atomic E-state index is 0.110. The van der Waals surface area contributed by atoms with Crippen molar-refractivity contribution in [2.45, 2.75) is 57.5 Å². The minimum atomic E-state index is -1.01. The van der Waals surface area contributed by atoms with Crippen molar-refractivity contribution >= 4 is 11.8 Å². The summed E-state index contributed by atoms with van der Waals surface area (Å²) in [6.45, 7) is 3.21. The Labute approximate surface area is 102 Å². The number of primary amides is 1. The van der Waals surface area contributed by atoms with Crippen LogP contribution < -0.4 is 16.8 Å². The van der Waals surface area contributed by atoms with Gasteiger partial charge in [-0.3, -0.25) is 9.59 Å². The van der Waals surface area contributed by atoms with Gasteiger partial charge in [-0.15, -0.1) is 0 Å². The van der Waals surface area contributed by atoms with Crippen LogP contribution in [0.25, 0.3) is 0 Å². The molecule has 2 atom stereocenters. The van der Waals surface area contributed by atoms with Crippen molar-refractivity contribution in [2.24, 2.45) is 17.4 Å². The van der Waals surface area contributed by atoms with Crippen LogP contribution in [-0.2, 0) is 9.59 Å². The Bertz CT molecular complexity index is 302. The van der Waals surface area contributed by atoms with Gasteiger partial charge in [0.1, 0.15) is 5.54 Å². The third kappa shape index (κ3) is 3.70. The maximum absolute atomic E-state index is 12.1. The quantitative estimate of drug-likeness (QED) is 0.619. The third-order valence-electron chi connectivity index (χ3n) is 3.46. The first-order valence-electron chi connectivity index (χ1n) is 6.22. The van der Waals surface area contributed by atoms with Gasteiger partial charge in [0, 0.05) is 6.04 Å². The molecule has 5 N–H and O–H groups in total. The first-order valence-corrected chi connectivity index (χ1v) is 6.22. The topological polar surface area (TPSA) is 98.2 Å². The zero-order valence-electron chi connectivity index (χ0n) is 10.7. The summed E-state index contributed by atoms with van der Waals surface area (Å²) in [7, 11) is 0. The molecule has 2 unspecified atom stereocenters. The summed E-state index contributed by atoms with van der Waals surface area (Å²) in [5.74, 6) is -0.882. The Hall–Kier alpha value is -1.10. The lowest BCUT2D eigenvalue weighted by Crippen LogP contribution is -2.56. The van der Waals surface area contributed by atoms with Crippen LogP contribution in [0.2, 0.25) is 0 Å². The van der Waals surface area contributed by atoms with E-state index in [-0.39, 0.29) is 17.9 Å². The van der Waals surface area contributed by atoms with Crippen molar-refractivity contribution in [3.05, 3.63) is 0 Å². The van der Waals surface area contributed by atoms with Gasteiger partial charge in [-0.05, 0) is 26.7 Å². The van der Waals surface area contributed by atoms with E-state index >= 15 is 0 Å². The Morgan fingerprint density at radius 1 is 1.18 bits per heavy atom. The van der Waals surface area contributed by atoms with Crippen LogP contribution in [0.3, 0.4) is 0 Å². The fourth-order valence-corrected chi connectivity index (χ4v) is 2.12. The van der Waals surface area contributed by atoms with Gasteiger partial charge in [0.15, 0.2) is 0 Å². The normalized spacial score (nSPS) is 26.1. The molecule has 0 heterocycles. The van der Waals surface area contributed by atoms with E-state index in [4.69, 9.17) is 11.5 Å². The molecule has 2 amide bonds. The average molecular weight is 241 g/mol. The maximum atomic E-state index is 12.1. The molecule has 1 fully saturated rings. The third-order valence-corrected chi connectivity index (χ3v) is 3.46. The summed E-state index contributed by atoms with van der Waals surface area (Å²) < 4.78 is 0. The zero-order valence-corrected chi connectivity index (χ0v) is 10.7. The van der Waals surface area contributed by atoms with E-state index in [0.717, 1.165) is 32.1 Å². The fourth-order valence-electron chi connectivity index (χ4n) is 2.12. The zero-order chi connectivity index (χ0) is 13.1. The highest BCUT2D eigenvalue weighted by atomic mass is 16.2. The maximum Gasteiger partial charge on any atom is 0.242 e. The largest absolute Gasteiger partial charge is 0.368 e. The van der Waals surface area contributed by atoms with Crippen molar-refractivity contribution in [3.8, 4) is 0 Å². The molecule has 0 spiro atoms. The van der Waals surface area contributed by atoms with E-state index in [1.165, 1.54) is 0 Å². The van der Waals surface area contributed by atoms with Crippen molar-refractivity contribution in [1.82, 2.24) is 5.32 Å². The van der Waals surface area contributed by atoms with Crippen LogP contribution in [0.4, 0.5) is 0 Å². The van der Waals surface area contributed by atoms with Crippen LogP contribution in [0.5, 0.6) is 0 Å². The molecule has 0 aromatic carbocycles. The Kier molecular flexibility index (Phi) is 4.51. The van der Waals surface area contributed by atoms with Gasteiger partial charge in [-0.1, -0.05) is 19.3 Å². The molecule has 0 aromatic heterocycles. The lowest BCUT2D eigenvalue weighted by atomic mass is 9.93. The molecular weight excluding hydrogens is 218 g/mol. The first-order chi connectivity index (χ1) is 7.84. The van der Waals surface area contributed by atoms with Crippen molar-refractivity contribution in [3.63, 3.8) is 0 Å². The molecule has 1 aliphatic carbocycles. The Morgan fingerprint density at radius 2 is 1.76 bits per heavy atom. The number of hydrogen-bond acceptors (Lipinski definition) is 3. The van der Waals surface area contributed by atoms with Gasteiger partial charge in [0.2, 0.25) is 11.8 Å². The standard InChI is InChI=1S/C12H23N3O2/c1-12(2,11(14)17)15-10(16)8-6-4-3-5-7-9(8)13/h8-9H,3-7,13H2,1-2H3,(H2,14,17)(H,15,16). The molecule has 0 bridgehead atoms. The number of hydrogen-bond donors (Lipinski definition) is 3.